The Morgan fingerprint density at radius 3 is 2.23 bits per heavy atom. The second kappa shape index (κ2) is 6.89. The zero-order valence-electron chi connectivity index (χ0n) is 12.3. The van der Waals surface area contributed by atoms with Gasteiger partial charge in [-0.3, -0.25) is 0 Å². The zero-order valence-corrected chi connectivity index (χ0v) is 13.2. The van der Waals surface area contributed by atoms with E-state index in [2.05, 4.69) is 4.36 Å². The fraction of sp³-hybridized carbons (Fsp3) is 0.250. The number of ether oxygens (including phenoxy) is 1. The molecule has 0 amide bonds. The molecule has 1 N–H and O–H groups in total. The highest BCUT2D eigenvalue weighted by Gasteiger charge is 2.32. The van der Waals surface area contributed by atoms with Crippen molar-refractivity contribution in [1.29, 1.82) is 0 Å². The lowest BCUT2D eigenvalue weighted by molar-refractivity contribution is 0.120. The number of aliphatic hydroxyl groups is 1. The molecule has 22 heavy (non-hydrogen) atoms. The van der Waals surface area contributed by atoms with Crippen molar-refractivity contribution in [2.24, 2.45) is 4.36 Å². The predicted molar refractivity (Wildman–Crippen MR) is 84.1 cm³/mol. The third-order valence-corrected chi connectivity index (χ3v) is 5.72. The molecule has 0 aliphatic carbocycles. The number of alkyl halides is 1. The van der Waals surface area contributed by atoms with Gasteiger partial charge in [0.1, 0.15) is 21.6 Å². The van der Waals surface area contributed by atoms with Gasteiger partial charge < -0.3 is 9.84 Å². The zero-order chi connectivity index (χ0) is 16.2. The normalized spacial score (nSPS) is 16.4. The monoisotopic (exact) mass is 323 g/mol. The smallest absolute Gasteiger partial charge is 0.216 e. The van der Waals surface area contributed by atoms with E-state index in [9.17, 15) is 13.7 Å². The largest absolute Gasteiger partial charge is 0.497 e. The van der Waals surface area contributed by atoms with E-state index >= 15 is 0 Å². The minimum atomic E-state index is -3.37. The maximum absolute atomic E-state index is 14.7. The Labute approximate surface area is 129 Å². The van der Waals surface area contributed by atoms with Crippen LogP contribution in [-0.2, 0) is 9.73 Å². The van der Waals surface area contributed by atoms with Crippen LogP contribution in [0.15, 0.2) is 63.9 Å². The number of methoxy groups -OCH3 is 1. The fourth-order valence-electron chi connectivity index (χ4n) is 2.08. The van der Waals surface area contributed by atoms with Gasteiger partial charge in [-0.15, -0.1) is 0 Å². The summed E-state index contributed by atoms with van der Waals surface area (Å²) in [5.74, 6) is 0.593. The SMILES string of the molecule is CN=S(=O)(c1ccccc1)C(F)C(O)c1ccc(OC)cc1. The van der Waals surface area contributed by atoms with E-state index in [0.717, 1.165) is 0 Å². The predicted octanol–water partition coefficient (Wildman–Crippen LogP) is 3.18. The molecule has 0 fully saturated rings. The summed E-state index contributed by atoms with van der Waals surface area (Å²) in [7, 11) is -0.561. The molecular formula is C16H18FNO3S. The van der Waals surface area contributed by atoms with Crippen molar-refractivity contribution in [1.82, 2.24) is 0 Å². The van der Waals surface area contributed by atoms with Gasteiger partial charge in [-0.2, -0.15) is 0 Å². The Hall–Kier alpha value is -1.92. The maximum Gasteiger partial charge on any atom is 0.216 e. The van der Waals surface area contributed by atoms with E-state index in [1.54, 1.807) is 42.5 Å². The molecule has 3 unspecified atom stereocenters. The summed E-state index contributed by atoms with van der Waals surface area (Å²) in [6.45, 7) is 0. The molecule has 0 heterocycles. The average molecular weight is 323 g/mol. The molecule has 6 heteroatoms. The number of halogens is 1. The Bertz CT molecular complexity index is 725. The van der Waals surface area contributed by atoms with Gasteiger partial charge >= 0.3 is 0 Å². The molecular weight excluding hydrogens is 305 g/mol. The molecule has 2 rings (SSSR count). The van der Waals surface area contributed by atoms with Gasteiger partial charge in [0.15, 0.2) is 0 Å². The van der Waals surface area contributed by atoms with Crippen molar-refractivity contribution in [3.8, 4) is 5.75 Å². The molecule has 2 aromatic rings. The summed E-state index contributed by atoms with van der Waals surface area (Å²) in [6, 6.07) is 14.4. The van der Waals surface area contributed by atoms with Crippen molar-refractivity contribution in [2.45, 2.75) is 16.5 Å². The van der Waals surface area contributed by atoms with Gasteiger partial charge in [-0.25, -0.2) is 13.0 Å². The van der Waals surface area contributed by atoms with E-state index in [4.69, 9.17) is 4.74 Å². The van der Waals surface area contributed by atoms with Gasteiger partial charge in [0.2, 0.25) is 5.50 Å². The highest BCUT2D eigenvalue weighted by atomic mass is 32.2. The Kier molecular flexibility index (Phi) is 5.15. The average Bonchev–Trinajstić information content (AvgIpc) is 2.60. The van der Waals surface area contributed by atoms with Crippen molar-refractivity contribution in [3.63, 3.8) is 0 Å². The molecule has 0 aliphatic heterocycles. The third kappa shape index (κ3) is 3.13. The molecule has 0 aliphatic rings. The van der Waals surface area contributed by atoms with E-state index in [-0.39, 0.29) is 4.90 Å². The summed E-state index contributed by atoms with van der Waals surface area (Å²) < 4.78 is 36.4. The first-order chi connectivity index (χ1) is 10.5. The molecule has 3 atom stereocenters. The van der Waals surface area contributed by atoms with Crippen LogP contribution in [0.25, 0.3) is 0 Å². The summed E-state index contributed by atoms with van der Waals surface area (Å²) in [5, 5.41) is 10.2. The van der Waals surface area contributed by atoms with Crippen LogP contribution in [0.4, 0.5) is 4.39 Å². The standard InChI is InChI=1S/C16H18FNO3S/c1-18-22(20,14-6-4-3-5-7-14)16(17)15(19)12-8-10-13(21-2)11-9-12/h3-11,15-16,19H,1-2H3. The van der Waals surface area contributed by atoms with Crippen LogP contribution >= 0.6 is 0 Å². The van der Waals surface area contributed by atoms with Crippen LogP contribution in [0.2, 0.25) is 0 Å². The number of aliphatic hydroxyl groups excluding tert-OH is 1. The molecule has 0 spiro atoms. The Morgan fingerprint density at radius 2 is 1.73 bits per heavy atom. The van der Waals surface area contributed by atoms with E-state index in [1.165, 1.54) is 26.3 Å². The summed E-state index contributed by atoms with van der Waals surface area (Å²) in [5.41, 5.74) is -1.71. The van der Waals surface area contributed by atoms with Crippen LogP contribution < -0.4 is 4.74 Å². The number of hydrogen-bond donors (Lipinski definition) is 1. The van der Waals surface area contributed by atoms with Crippen LogP contribution in [-0.4, -0.2) is 29.0 Å². The van der Waals surface area contributed by atoms with E-state index < -0.39 is 21.3 Å². The minimum absolute atomic E-state index is 0.262. The number of nitrogens with zero attached hydrogens (tertiary/aromatic N) is 1. The van der Waals surface area contributed by atoms with E-state index in [0.29, 0.717) is 11.3 Å². The van der Waals surface area contributed by atoms with Gasteiger partial charge in [-0.05, 0) is 29.8 Å². The van der Waals surface area contributed by atoms with Crippen molar-refractivity contribution in [3.05, 3.63) is 60.2 Å². The summed E-state index contributed by atoms with van der Waals surface area (Å²) >= 11 is 0. The lowest BCUT2D eigenvalue weighted by atomic mass is 10.1. The maximum atomic E-state index is 14.7. The van der Waals surface area contributed by atoms with Gasteiger partial charge in [0.05, 0.1) is 12.0 Å². The number of hydrogen-bond acceptors (Lipinski definition) is 4. The molecule has 0 radical (unpaired) electrons. The molecule has 0 saturated carbocycles. The van der Waals surface area contributed by atoms with Gasteiger partial charge in [0, 0.05) is 7.05 Å². The quantitative estimate of drug-likeness (QED) is 0.919. The molecule has 0 aromatic heterocycles. The summed E-state index contributed by atoms with van der Waals surface area (Å²) in [6.07, 6.45) is -1.54. The highest BCUT2D eigenvalue weighted by Crippen LogP contribution is 2.30. The Morgan fingerprint density at radius 1 is 1.14 bits per heavy atom. The first-order valence-corrected chi connectivity index (χ1v) is 8.26. The second-order valence-corrected chi connectivity index (χ2v) is 7.06. The second-order valence-electron chi connectivity index (χ2n) is 4.63. The minimum Gasteiger partial charge on any atom is -0.497 e. The number of rotatable bonds is 5. The summed E-state index contributed by atoms with van der Waals surface area (Å²) in [4.78, 5) is 0.262. The van der Waals surface area contributed by atoms with Crippen LogP contribution in [0.1, 0.15) is 11.7 Å². The molecule has 4 nitrogen and oxygen atoms in total. The topological polar surface area (TPSA) is 58.9 Å². The van der Waals surface area contributed by atoms with Gasteiger partial charge in [0.25, 0.3) is 0 Å². The van der Waals surface area contributed by atoms with Crippen molar-refractivity contribution in [2.75, 3.05) is 14.2 Å². The van der Waals surface area contributed by atoms with E-state index in [1.807, 2.05) is 0 Å². The third-order valence-electron chi connectivity index (χ3n) is 3.36. The van der Waals surface area contributed by atoms with Crippen LogP contribution in [0.3, 0.4) is 0 Å². The lowest BCUT2D eigenvalue weighted by Gasteiger charge is -2.20. The molecule has 118 valence electrons. The van der Waals surface area contributed by atoms with Crippen LogP contribution in [0.5, 0.6) is 5.75 Å². The van der Waals surface area contributed by atoms with Crippen LogP contribution in [0, 0.1) is 0 Å². The molecule has 0 bridgehead atoms. The van der Waals surface area contributed by atoms with Gasteiger partial charge in [-0.1, -0.05) is 30.3 Å². The first kappa shape index (κ1) is 16.5. The lowest BCUT2D eigenvalue weighted by Crippen LogP contribution is -2.24. The fourth-order valence-corrected chi connectivity index (χ4v) is 3.80. The molecule has 2 aromatic carbocycles. The Balaban J connectivity index is 2.36. The highest BCUT2D eigenvalue weighted by molar-refractivity contribution is 7.94. The first-order valence-electron chi connectivity index (χ1n) is 6.68. The molecule has 0 saturated heterocycles. The number of benzene rings is 2. The van der Waals surface area contributed by atoms with Crippen molar-refractivity contribution >= 4 is 9.73 Å². The van der Waals surface area contributed by atoms with Crippen molar-refractivity contribution < 1.29 is 18.4 Å².